The number of halogens is 1. The molecule has 0 saturated carbocycles. The van der Waals surface area contributed by atoms with Crippen LogP contribution in [0, 0.1) is 0 Å². The summed E-state index contributed by atoms with van der Waals surface area (Å²) in [6, 6.07) is 1.63. The van der Waals surface area contributed by atoms with Crippen molar-refractivity contribution in [2.75, 3.05) is 13.1 Å². The molecule has 2 N–H and O–H groups in total. The summed E-state index contributed by atoms with van der Waals surface area (Å²) in [7, 11) is 0. The van der Waals surface area contributed by atoms with Crippen LogP contribution in [-0.2, 0) is 4.79 Å². The summed E-state index contributed by atoms with van der Waals surface area (Å²) < 4.78 is 0. The molecule has 0 aliphatic carbocycles. The minimum Gasteiger partial charge on any atom is -0.349 e. The van der Waals surface area contributed by atoms with E-state index in [0.717, 1.165) is 0 Å². The third-order valence-electron chi connectivity index (χ3n) is 1.57. The molecule has 82 valence electrons. The second kappa shape index (κ2) is 5.69. The highest BCUT2D eigenvalue weighted by Crippen LogP contribution is 2.21. The fourth-order valence-corrected chi connectivity index (χ4v) is 1.93. The second-order valence-corrected chi connectivity index (χ2v) is 3.95. The minimum absolute atomic E-state index is 0.0399. The van der Waals surface area contributed by atoms with Crippen molar-refractivity contribution in [2.45, 2.75) is 0 Å². The topological polar surface area (TPSA) is 69.6 Å². The zero-order chi connectivity index (χ0) is 11.3. The third kappa shape index (κ3) is 3.50. The van der Waals surface area contributed by atoms with Crippen molar-refractivity contribution in [3.8, 4) is 0 Å². The standard InChI is InChI=1S/C8H9ClN2O3S/c9-6-1-4-15-7(6)8(13)10-2-3-11(14)5-12/h1,4-5,14H,2-3H2,(H,10,13). The van der Waals surface area contributed by atoms with Crippen LogP contribution in [0.2, 0.25) is 5.02 Å². The molecular formula is C8H9ClN2O3S. The molecular weight excluding hydrogens is 240 g/mol. The predicted octanol–water partition coefficient (Wildman–Crippen LogP) is 0.979. The highest BCUT2D eigenvalue weighted by molar-refractivity contribution is 7.12. The number of hydrogen-bond donors (Lipinski definition) is 2. The van der Waals surface area contributed by atoms with Crippen molar-refractivity contribution in [3.05, 3.63) is 21.3 Å². The van der Waals surface area contributed by atoms with E-state index in [1.54, 1.807) is 11.4 Å². The van der Waals surface area contributed by atoms with Crippen LogP contribution in [0.4, 0.5) is 0 Å². The van der Waals surface area contributed by atoms with E-state index < -0.39 is 0 Å². The maximum atomic E-state index is 11.4. The van der Waals surface area contributed by atoms with Gasteiger partial charge in [0.15, 0.2) is 0 Å². The normalized spacial score (nSPS) is 9.73. The van der Waals surface area contributed by atoms with Gasteiger partial charge in [0, 0.05) is 6.54 Å². The van der Waals surface area contributed by atoms with E-state index in [0.29, 0.717) is 15.0 Å². The molecule has 1 rings (SSSR count). The van der Waals surface area contributed by atoms with Gasteiger partial charge in [0.2, 0.25) is 6.41 Å². The Labute approximate surface area is 95.2 Å². The van der Waals surface area contributed by atoms with Gasteiger partial charge in [0.25, 0.3) is 5.91 Å². The quantitative estimate of drug-likeness (QED) is 0.464. The number of hydroxylamine groups is 2. The number of thiophene rings is 1. The summed E-state index contributed by atoms with van der Waals surface area (Å²) in [6.45, 7) is 0.209. The van der Waals surface area contributed by atoms with Gasteiger partial charge < -0.3 is 5.32 Å². The van der Waals surface area contributed by atoms with Crippen LogP contribution >= 0.6 is 22.9 Å². The van der Waals surface area contributed by atoms with Crippen molar-refractivity contribution in [1.82, 2.24) is 10.4 Å². The summed E-state index contributed by atoms with van der Waals surface area (Å²) in [6.07, 6.45) is 0.268. The van der Waals surface area contributed by atoms with Gasteiger partial charge in [0.05, 0.1) is 11.6 Å². The van der Waals surface area contributed by atoms with Crippen molar-refractivity contribution in [3.63, 3.8) is 0 Å². The van der Waals surface area contributed by atoms with Crippen LogP contribution in [-0.4, -0.2) is 35.7 Å². The summed E-state index contributed by atoms with van der Waals surface area (Å²) in [5.74, 6) is -0.311. The van der Waals surface area contributed by atoms with Crippen molar-refractivity contribution < 1.29 is 14.8 Å². The molecule has 0 fully saturated rings. The average Bonchev–Trinajstić information content (AvgIpc) is 2.64. The largest absolute Gasteiger partial charge is 0.349 e. The molecule has 1 aromatic rings. The third-order valence-corrected chi connectivity index (χ3v) is 2.91. The Morgan fingerprint density at radius 3 is 3.00 bits per heavy atom. The van der Waals surface area contributed by atoms with Crippen LogP contribution in [0.5, 0.6) is 0 Å². The Balaban J connectivity index is 2.37. The first-order chi connectivity index (χ1) is 7.15. The van der Waals surface area contributed by atoms with Gasteiger partial charge in [-0.05, 0) is 11.4 Å². The molecule has 0 bridgehead atoms. The first kappa shape index (κ1) is 12.0. The van der Waals surface area contributed by atoms with Gasteiger partial charge >= 0.3 is 0 Å². The molecule has 2 amide bonds. The zero-order valence-electron chi connectivity index (χ0n) is 7.64. The molecule has 0 saturated heterocycles. The van der Waals surface area contributed by atoms with E-state index in [4.69, 9.17) is 16.8 Å². The fourth-order valence-electron chi connectivity index (χ4n) is 0.873. The minimum atomic E-state index is -0.311. The van der Waals surface area contributed by atoms with Crippen molar-refractivity contribution in [1.29, 1.82) is 0 Å². The molecule has 0 spiro atoms. The maximum absolute atomic E-state index is 11.4. The summed E-state index contributed by atoms with van der Waals surface area (Å²) in [4.78, 5) is 21.9. The summed E-state index contributed by atoms with van der Waals surface area (Å²) in [5, 5.41) is 13.8. The molecule has 5 nitrogen and oxygen atoms in total. The predicted molar refractivity (Wildman–Crippen MR) is 56.2 cm³/mol. The van der Waals surface area contributed by atoms with Gasteiger partial charge in [-0.3, -0.25) is 14.8 Å². The lowest BCUT2D eigenvalue weighted by atomic mass is 10.4. The Morgan fingerprint density at radius 1 is 1.73 bits per heavy atom. The second-order valence-electron chi connectivity index (χ2n) is 2.62. The Morgan fingerprint density at radius 2 is 2.47 bits per heavy atom. The van der Waals surface area contributed by atoms with E-state index in [1.165, 1.54) is 11.3 Å². The molecule has 0 atom stereocenters. The molecule has 15 heavy (non-hydrogen) atoms. The molecule has 0 aromatic carbocycles. The molecule has 0 unspecified atom stereocenters. The number of nitrogens with zero attached hydrogens (tertiary/aromatic N) is 1. The van der Waals surface area contributed by atoms with Crippen LogP contribution in [0.3, 0.4) is 0 Å². The smallest absolute Gasteiger partial charge is 0.262 e. The highest BCUT2D eigenvalue weighted by atomic mass is 35.5. The number of nitrogens with one attached hydrogen (secondary N) is 1. The van der Waals surface area contributed by atoms with Gasteiger partial charge in [0.1, 0.15) is 4.88 Å². The highest BCUT2D eigenvalue weighted by Gasteiger charge is 2.10. The van der Waals surface area contributed by atoms with Gasteiger partial charge in [-0.25, -0.2) is 5.06 Å². The average molecular weight is 249 g/mol. The lowest BCUT2D eigenvalue weighted by Gasteiger charge is -2.08. The zero-order valence-corrected chi connectivity index (χ0v) is 9.22. The SMILES string of the molecule is O=CN(O)CCNC(=O)c1sccc1Cl. The Kier molecular flexibility index (Phi) is 4.54. The van der Waals surface area contributed by atoms with E-state index in [9.17, 15) is 9.59 Å². The maximum Gasteiger partial charge on any atom is 0.262 e. The van der Waals surface area contributed by atoms with Gasteiger partial charge in [-0.1, -0.05) is 11.6 Å². The van der Waals surface area contributed by atoms with Crippen molar-refractivity contribution in [2.24, 2.45) is 0 Å². The number of amides is 2. The lowest BCUT2D eigenvalue weighted by Crippen LogP contribution is -2.32. The number of rotatable bonds is 5. The molecule has 0 aliphatic heterocycles. The first-order valence-electron chi connectivity index (χ1n) is 4.07. The molecule has 7 heteroatoms. The summed E-state index contributed by atoms with van der Waals surface area (Å²) >= 11 is 6.97. The molecule has 0 aliphatic rings. The van der Waals surface area contributed by atoms with E-state index >= 15 is 0 Å². The fraction of sp³-hybridized carbons (Fsp3) is 0.250. The summed E-state index contributed by atoms with van der Waals surface area (Å²) in [5.41, 5.74) is 0. The van der Waals surface area contributed by atoms with Crippen LogP contribution in [0.15, 0.2) is 11.4 Å². The van der Waals surface area contributed by atoms with Crippen molar-refractivity contribution >= 4 is 35.3 Å². The number of carbonyl (C=O) groups is 2. The number of hydrogen-bond acceptors (Lipinski definition) is 4. The molecule has 0 radical (unpaired) electrons. The Bertz CT molecular complexity index is 355. The monoisotopic (exact) mass is 248 g/mol. The van der Waals surface area contributed by atoms with Gasteiger partial charge in [-0.2, -0.15) is 0 Å². The lowest BCUT2D eigenvalue weighted by molar-refractivity contribution is -0.149. The van der Waals surface area contributed by atoms with Gasteiger partial charge in [-0.15, -0.1) is 11.3 Å². The first-order valence-corrected chi connectivity index (χ1v) is 5.33. The molecule has 1 aromatic heterocycles. The van der Waals surface area contributed by atoms with E-state index in [-0.39, 0.29) is 25.4 Å². The van der Waals surface area contributed by atoms with E-state index in [2.05, 4.69) is 5.32 Å². The Hall–Kier alpha value is -1.11. The van der Waals surface area contributed by atoms with E-state index in [1.807, 2.05) is 0 Å². The van der Waals surface area contributed by atoms with Crippen LogP contribution < -0.4 is 5.32 Å². The number of carbonyl (C=O) groups excluding carboxylic acids is 2. The van der Waals surface area contributed by atoms with Crippen LogP contribution in [0.25, 0.3) is 0 Å². The molecule has 1 heterocycles. The van der Waals surface area contributed by atoms with Crippen LogP contribution in [0.1, 0.15) is 9.67 Å².